The highest BCUT2D eigenvalue weighted by molar-refractivity contribution is 6.76. The van der Waals surface area contributed by atoms with E-state index in [0.29, 0.717) is 6.23 Å². The molecule has 0 aliphatic carbocycles. The first-order valence-corrected chi connectivity index (χ1v) is 13.4. The molecule has 2 rings (SSSR count). The fourth-order valence-electron chi connectivity index (χ4n) is 2.55. The summed E-state index contributed by atoms with van der Waals surface area (Å²) in [5.41, 5.74) is 2.75. The molecule has 0 spiro atoms. The first-order valence-electron chi connectivity index (χ1n) is 9.69. The molecule has 0 saturated carbocycles. The van der Waals surface area contributed by atoms with E-state index in [0.717, 1.165) is 16.7 Å². The Balaban J connectivity index is 2.45. The fraction of sp³-hybridized carbons (Fsp3) is 0.250. The lowest BCUT2D eigenvalue weighted by atomic mass is 9.97. The maximum absolute atomic E-state index is 12.6. The molecule has 0 aromatic heterocycles. The summed E-state index contributed by atoms with van der Waals surface area (Å²) in [5, 5.41) is 0. The molecule has 0 aliphatic rings. The molecule has 0 N–H and O–H groups in total. The van der Waals surface area contributed by atoms with Crippen LogP contribution in [-0.4, -0.2) is 32.8 Å². The lowest BCUT2D eigenvalue weighted by Crippen LogP contribution is -2.31. The molecule has 0 saturated heterocycles. The molecular weight excluding hydrogens is 380 g/mol. The highest BCUT2D eigenvalue weighted by Gasteiger charge is 2.23. The van der Waals surface area contributed by atoms with Crippen LogP contribution in [0, 0.1) is 0 Å². The SMILES string of the molecule is CCOC(=O)C(=CC=C(c1ccccc1)c1ccccc1)C(=O)OC[Si](C)(C)C. The Kier molecular flexibility index (Phi) is 8.16. The summed E-state index contributed by atoms with van der Waals surface area (Å²) in [6.45, 7) is 8.17. The van der Waals surface area contributed by atoms with Gasteiger partial charge >= 0.3 is 11.9 Å². The molecule has 2 aromatic carbocycles. The highest BCUT2D eigenvalue weighted by Crippen LogP contribution is 2.23. The number of carbonyl (C=O) groups is 2. The van der Waals surface area contributed by atoms with Crippen LogP contribution in [0.1, 0.15) is 18.1 Å². The third-order valence-electron chi connectivity index (χ3n) is 3.94. The number of carbonyl (C=O) groups excluding carboxylic acids is 2. The van der Waals surface area contributed by atoms with Crippen molar-refractivity contribution in [2.24, 2.45) is 0 Å². The van der Waals surface area contributed by atoms with Crippen LogP contribution in [0.5, 0.6) is 0 Å². The molecule has 0 fully saturated rings. The van der Waals surface area contributed by atoms with Crippen LogP contribution >= 0.6 is 0 Å². The van der Waals surface area contributed by atoms with Gasteiger partial charge in [0.25, 0.3) is 0 Å². The van der Waals surface area contributed by atoms with Gasteiger partial charge in [0.2, 0.25) is 0 Å². The molecule has 152 valence electrons. The van der Waals surface area contributed by atoms with Crippen molar-refractivity contribution < 1.29 is 19.1 Å². The van der Waals surface area contributed by atoms with E-state index >= 15 is 0 Å². The molecular formula is C24H28O4Si. The Morgan fingerprint density at radius 3 is 1.72 bits per heavy atom. The predicted octanol–water partition coefficient (Wildman–Crippen LogP) is 5.03. The van der Waals surface area contributed by atoms with E-state index < -0.39 is 20.0 Å². The van der Waals surface area contributed by atoms with Crippen molar-refractivity contribution >= 4 is 25.6 Å². The van der Waals surface area contributed by atoms with Gasteiger partial charge in [-0.05, 0) is 29.7 Å². The standard InChI is InChI=1S/C24H28O4Si/c1-5-27-23(25)22(24(26)28-18-29(2,3)4)17-16-21(19-12-8-6-9-13-19)20-14-10-7-11-15-20/h6-17H,5,18H2,1-4H3. The third kappa shape index (κ3) is 7.20. The van der Waals surface area contributed by atoms with Gasteiger partial charge in [0, 0.05) is 0 Å². The zero-order chi connectivity index (χ0) is 21.3. The van der Waals surface area contributed by atoms with E-state index in [4.69, 9.17) is 9.47 Å². The van der Waals surface area contributed by atoms with Gasteiger partial charge < -0.3 is 9.47 Å². The van der Waals surface area contributed by atoms with Gasteiger partial charge in [0.1, 0.15) is 5.57 Å². The quantitative estimate of drug-likeness (QED) is 0.154. The summed E-state index contributed by atoms with van der Waals surface area (Å²) < 4.78 is 10.5. The average molecular weight is 409 g/mol. The zero-order valence-corrected chi connectivity index (χ0v) is 18.5. The molecule has 0 bridgehead atoms. The van der Waals surface area contributed by atoms with Crippen LogP contribution in [-0.2, 0) is 19.1 Å². The van der Waals surface area contributed by atoms with Gasteiger partial charge in [0.15, 0.2) is 0 Å². The second-order valence-electron chi connectivity index (χ2n) is 7.75. The van der Waals surface area contributed by atoms with Gasteiger partial charge in [-0.3, -0.25) is 0 Å². The van der Waals surface area contributed by atoms with Gasteiger partial charge in [-0.1, -0.05) is 86.4 Å². The first-order chi connectivity index (χ1) is 13.8. The van der Waals surface area contributed by atoms with Gasteiger partial charge in [-0.15, -0.1) is 0 Å². The average Bonchev–Trinajstić information content (AvgIpc) is 2.70. The molecule has 0 atom stereocenters. The Bertz CT molecular complexity index is 837. The molecule has 0 amide bonds. The first kappa shape index (κ1) is 22.4. The lowest BCUT2D eigenvalue weighted by Gasteiger charge is -2.16. The van der Waals surface area contributed by atoms with Crippen molar-refractivity contribution in [1.29, 1.82) is 0 Å². The largest absolute Gasteiger partial charge is 0.466 e. The van der Waals surface area contributed by atoms with Gasteiger partial charge in [0.05, 0.1) is 20.9 Å². The Morgan fingerprint density at radius 1 is 0.793 bits per heavy atom. The summed E-state index contributed by atoms with van der Waals surface area (Å²) in [7, 11) is -1.61. The van der Waals surface area contributed by atoms with E-state index in [2.05, 4.69) is 19.6 Å². The highest BCUT2D eigenvalue weighted by atomic mass is 28.3. The maximum atomic E-state index is 12.6. The number of esters is 2. The minimum absolute atomic E-state index is 0.102. The van der Waals surface area contributed by atoms with E-state index in [1.165, 1.54) is 6.08 Å². The van der Waals surface area contributed by atoms with Crippen molar-refractivity contribution in [3.63, 3.8) is 0 Å². The number of benzene rings is 2. The molecule has 29 heavy (non-hydrogen) atoms. The number of hydrogen-bond acceptors (Lipinski definition) is 4. The lowest BCUT2D eigenvalue weighted by molar-refractivity contribution is -0.146. The van der Waals surface area contributed by atoms with Crippen LogP contribution in [0.3, 0.4) is 0 Å². The van der Waals surface area contributed by atoms with Crippen LogP contribution in [0.2, 0.25) is 19.6 Å². The minimum Gasteiger partial charge on any atom is -0.466 e. The van der Waals surface area contributed by atoms with E-state index in [9.17, 15) is 9.59 Å². The van der Waals surface area contributed by atoms with Crippen LogP contribution in [0.15, 0.2) is 78.4 Å². The second-order valence-corrected chi connectivity index (χ2v) is 13.2. The fourth-order valence-corrected chi connectivity index (χ4v) is 3.11. The predicted molar refractivity (Wildman–Crippen MR) is 119 cm³/mol. The Morgan fingerprint density at radius 2 is 1.28 bits per heavy atom. The number of ether oxygens (including phenoxy) is 2. The molecule has 0 aliphatic heterocycles. The van der Waals surface area contributed by atoms with E-state index in [1.807, 2.05) is 60.7 Å². The number of hydrogen-bond donors (Lipinski definition) is 0. The zero-order valence-electron chi connectivity index (χ0n) is 17.5. The van der Waals surface area contributed by atoms with Crippen LogP contribution < -0.4 is 0 Å². The normalized spacial score (nSPS) is 11.5. The van der Waals surface area contributed by atoms with Crippen LogP contribution in [0.4, 0.5) is 0 Å². The van der Waals surface area contributed by atoms with Crippen molar-refractivity contribution in [3.05, 3.63) is 89.5 Å². The Labute approximate surface area is 173 Å². The van der Waals surface area contributed by atoms with Crippen molar-refractivity contribution in [2.75, 3.05) is 12.8 Å². The van der Waals surface area contributed by atoms with Crippen LogP contribution in [0.25, 0.3) is 5.57 Å². The summed E-state index contributed by atoms with van der Waals surface area (Å²) in [6, 6.07) is 19.6. The van der Waals surface area contributed by atoms with Crippen molar-refractivity contribution in [3.8, 4) is 0 Å². The third-order valence-corrected chi connectivity index (χ3v) is 4.95. The summed E-state index contributed by atoms with van der Waals surface area (Å²) >= 11 is 0. The maximum Gasteiger partial charge on any atom is 0.345 e. The number of rotatable bonds is 8. The van der Waals surface area contributed by atoms with Gasteiger partial charge in [-0.2, -0.15) is 0 Å². The molecule has 0 radical (unpaired) electrons. The van der Waals surface area contributed by atoms with Crippen molar-refractivity contribution in [2.45, 2.75) is 26.6 Å². The summed E-state index contributed by atoms with van der Waals surface area (Å²) in [5.74, 6) is -1.33. The topological polar surface area (TPSA) is 52.6 Å². The van der Waals surface area contributed by atoms with E-state index in [-0.39, 0.29) is 12.2 Å². The summed E-state index contributed by atoms with van der Waals surface area (Å²) in [6.07, 6.45) is 3.61. The molecule has 2 aromatic rings. The molecule has 5 heteroatoms. The molecule has 0 heterocycles. The van der Waals surface area contributed by atoms with Crippen molar-refractivity contribution in [1.82, 2.24) is 0 Å². The smallest absolute Gasteiger partial charge is 0.345 e. The molecule has 0 unspecified atom stereocenters. The second kappa shape index (κ2) is 10.6. The van der Waals surface area contributed by atoms with Gasteiger partial charge in [-0.25, -0.2) is 9.59 Å². The number of allylic oxidation sites excluding steroid dienone is 2. The summed E-state index contributed by atoms with van der Waals surface area (Å²) in [4.78, 5) is 25.0. The monoisotopic (exact) mass is 408 g/mol. The molecule has 4 nitrogen and oxygen atoms in total. The van der Waals surface area contributed by atoms with E-state index in [1.54, 1.807) is 13.0 Å². The Hall–Kier alpha value is -2.92. The minimum atomic E-state index is -1.61.